The number of amides is 1. The lowest BCUT2D eigenvalue weighted by Gasteiger charge is -2.23. The first-order chi connectivity index (χ1) is 12.6. The van der Waals surface area contributed by atoms with E-state index in [2.05, 4.69) is 5.32 Å². The average Bonchev–Trinajstić information content (AvgIpc) is 2.54. The van der Waals surface area contributed by atoms with Gasteiger partial charge in [0.05, 0.1) is 1.37 Å². The highest BCUT2D eigenvalue weighted by atomic mass is 16.6. The molecule has 0 heterocycles. The van der Waals surface area contributed by atoms with Crippen LogP contribution in [0.3, 0.4) is 0 Å². The number of nitrogens with zero attached hydrogens (tertiary/aromatic N) is 1. The Labute approximate surface area is 157 Å². The molecule has 0 aliphatic carbocycles. The van der Waals surface area contributed by atoms with Crippen LogP contribution in [0.4, 0.5) is 4.79 Å². The Morgan fingerprint density at radius 2 is 1.96 bits per heavy atom. The largest absolute Gasteiger partial charge is 0.478 e. The van der Waals surface area contributed by atoms with E-state index in [1.54, 1.807) is 27.7 Å². The predicted molar refractivity (Wildman–Crippen MR) is 102 cm³/mol. The number of hydrogen-bond acceptors (Lipinski definition) is 4. The van der Waals surface area contributed by atoms with Crippen LogP contribution in [0.15, 0.2) is 42.0 Å². The topological polar surface area (TPSA) is 78.9 Å². The molecule has 0 bridgehead atoms. The van der Waals surface area contributed by atoms with E-state index in [4.69, 9.17) is 6.11 Å². The third kappa shape index (κ3) is 9.22. The van der Waals surface area contributed by atoms with Gasteiger partial charge in [0.25, 0.3) is 0 Å². The van der Waals surface area contributed by atoms with Gasteiger partial charge >= 0.3 is 12.1 Å². The molecule has 0 saturated heterocycles. The van der Waals surface area contributed by atoms with Gasteiger partial charge < -0.3 is 15.2 Å². The van der Waals surface area contributed by atoms with Gasteiger partial charge in [0.15, 0.2) is 0 Å². The normalized spacial score (nSPS) is 13.0. The summed E-state index contributed by atoms with van der Waals surface area (Å²) >= 11 is 0. The van der Waals surface area contributed by atoms with Gasteiger partial charge in [-0.05, 0) is 32.8 Å². The molecule has 1 aromatic rings. The van der Waals surface area contributed by atoms with Crippen LogP contribution in [0.2, 0.25) is 0 Å². The molecule has 0 aliphatic heterocycles. The predicted octanol–water partition coefficient (Wildman–Crippen LogP) is 3.43. The van der Waals surface area contributed by atoms with Gasteiger partial charge in [-0.25, -0.2) is 9.59 Å². The molecule has 6 nitrogen and oxygen atoms in total. The molecule has 0 radical (unpaired) electrons. The van der Waals surface area contributed by atoms with E-state index in [1.165, 1.54) is 0 Å². The summed E-state index contributed by atoms with van der Waals surface area (Å²) in [5.41, 5.74) is 0.590. The minimum Gasteiger partial charge on any atom is -0.478 e. The summed E-state index contributed by atoms with van der Waals surface area (Å²) in [7, 11) is 0. The van der Waals surface area contributed by atoms with Crippen LogP contribution in [-0.4, -0.2) is 47.3 Å². The molecular weight excluding hydrogens is 332 g/mol. The van der Waals surface area contributed by atoms with Gasteiger partial charge in [0, 0.05) is 31.8 Å². The summed E-state index contributed by atoms with van der Waals surface area (Å²) in [6, 6.07) is 9.81. The SMILES string of the molecule is [2H]C(CN(CCNC(=O)OC(C)(C)C)Cc1ccccc1)=C(CC)C(=O)O. The number of hydrogen-bond donors (Lipinski definition) is 2. The number of carbonyl (C=O) groups is 2. The second-order valence-corrected chi connectivity index (χ2v) is 6.94. The summed E-state index contributed by atoms with van der Waals surface area (Å²) in [5, 5.41) is 11.9. The first kappa shape index (κ1) is 20.0. The number of rotatable bonds is 9. The summed E-state index contributed by atoms with van der Waals surface area (Å²) in [5.74, 6) is -1.06. The van der Waals surface area contributed by atoms with Crippen molar-refractivity contribution in [3.8, 4) is 0 Å². The second kappa shape index (κ2) is 10.6. The number of nitrogens with one attached hydrogen (secondary N) is 1. The van der Waals surface area contributed by atoms with Crippen LogP contribution in [0.25, 0.3) is 0 Å². The molecule has 6 heteroatoms. The number of alkyl carbamates (subject to hydrolysis) is 1. The van der Waals surface area contributed by atoms with Crippen molar-refractivity contribution in [3.63, 3.8) is 0 Å². The third-order valence-corrected chi connectivity index (χ3v) is 3.47. The average molecular weight is 363 g/mol. The van der Waals surface area contributed by atoms with Crippen LogP contribution in [-0.2, 0) is 16.1 Å². The van der Waals surface area contributed by atoms with Gasteiger partial charge in [-0.15, -0.1) is 0 Å². The van der Waals surface area contributed by atoms with Crippen LogP contribution < -0.4 is 5.32 Å². The van der Waals surface area contributed by atoms with E-state index in [1.807, 2.05) is 35.2 Å². The van der Waals surface area contributed by atoms with Crippen LogP contribution in [0, 0.1) is 0 Å². The molecule has 1 rings (SSSR count). The van der Waals surface area contributed by atoms with Crippen molar-refractivity contribution in [2.45, 2.75) is 46.3 Å². The standard InChI is InChI=1S/C20H30N2O4/c1-5-17(18(23)24)11-13-22(15-16-9-7-6-8-10-16)14-12-21-19(25)26-20(2,3)4/h6-11H,5,12-15H2,1-4H3,(H,21,25)(H,23,24)/i11D. The molecule has 0 aromatic heterocycles. The van der Waals surface area contributed by atoms with Crippen molar-refractivity contribution < 1.29 is 20.8 Å². The number of carbonyl (C=O) groups excluding carboxylic acids is 1. The maximum absolute atomic E-state index is 11.8. The van der Waals surface area contributed by atoms with Crippen molar-refractivity contribution in [2.24, 2.45) is 0 Å². The highest BCUT2D eigenvalue weighted by Crippen LogP contribution is 2.08. The monoisotopic (exact) mass is 363 g/mol. The van der Waals surface area contributed by atoms with E-state index < -0.39 is 17.7 Å². The van der Waals surface area contributed by atoms with Crippen molar-refractivity contribution in [1.29, 1.82) is 0 Å². The summed E-state index contributed by atoms with van der Waals surface area (Å²) in [6.45, 7) is 8.66. The molecule has 1 aromatic carbocycles. The zero-order valence-electron chi connectivity index (χ0n) is 17.0. The maximum atomic E-state index is 11.8. The maximum Gasteiger partial charge on any atom is 0.407 e. The number of carboxylic acid groups (broad SMARTS) is 1. The fourth-order valence-corrected chi connectivity index (χ4v) is 2.24. The molecule has 26 heavy (non-hydrogen) atoms. The summed E-state index contributed by atoms with van der Waals surface area (Å²) < 4.78 is 13.4. The van der Waals surface area contributed by atoms with Crippen LogP contribution in [0.1, 0.15) is 41.0 Å². The molecule has 0 spiro atoms. The molecule has 0 saturated carbocycles. The van der Waals surface area contributed by atoms with Gasteiger partial charge in [0.1, 0.15) is 5.60 Å². The molecule has 0 atom stereocenters. The zero-order chi connectivity index (χ0) is 20.4. The summed E-state index contributed by atoms with van der Waals surface area (Å²) in [4.78, 5) is 25.0. The second-order valence-electron chi connectivity index (χ2n) is 6.94. The molecule has 0 fully saturated rings. The van der Waals surface area contributed by atoms with Crippen molar-refractivity contribution in [3.05, 3.63) is 47.5 Å². The zero-order valence-corrected chi connectivity index (χ0v) is 16.0. The van der Waals surface area contributed by atoms with Crippen molar-refractivity contribution in [1.82, 2.24) is 10.2 Å². The fraction of sp³-hybridized carbons (Fsp3) is 0.500. The smallest absolute Gasteiger partial charge is 0.407 e. The van der Waals surface area contributed by atoms with E-state index in [-0.39, 0.29) is 18.2 Å². The van der Waals surface area contributed by atoms with Gasteiger partial charge in [-0.1, -0.05) is 43.3 Å². The summed E-state index contributed by atoms with van der Waals surface area (Å²) in [6.07, 6.45) is -0.202. The minimum absolute atomic E-state index is 0.0817. The minimum atomic E-state index is -1.06. The fourth-order valence-electron chi connectivity index (χ4n) is 2.24. The number of ether oxygens (including phenoxy) is 1. The first-order valence-corrected chi connectivity index (χ1v) is 8.77. The third-order valence-electron chi connectivity index (χ3n) is 3.47. The van der Waals surface area contributed by atoms with Gasteiger partial charge in [-0.3, -0.25) is 4.90 Å². The van der Waals surface area contributed by atoms with E-state index in [0.29, 0.717) is 26.1 Å². The Morgan fingerprint density at radius 3 is 2.50 bits per heavy atom. The number of benzene rings is 1. The molecule has 0 aliphatic rings. The van der Waals surface area contributed by atoms with Crippen LogP contribution in [0.5, 0.6) is 0 Å². The Morgan fingerprint density at radius 1 is 1.31 bits per heavy atom. The van der Waals surface area contributed by atoms with Crippen molar-refractivity contribution in [2.75, 3.05) is 19.6 Å². The molecule has 0 unspecified atom stereocenters. The van der Waals surface area contributed by atoms with Crippen LogP contribution >= 0.6 is 0 Å². The van der Waals surface area contributed by atoms with Crippen molar-refractivity contribution >= 4 is 12.1 Å². The van der Waals surface area contributed by atoms with E-state index in [9.17, 15) is 14.7 Å². The van der Waals surface area contributed by atoms with E-state index in [0.717, 1.165) is 5.56 Å². The molecule has 2 N–H and O–H groups in total. The quantitative estimate of drug-likeness (QED) is 0.657. The Bertz CT molecular complexity index is 654. The van der Waals surface area contributed by atoms with E-state index >= 15 is 0 Å². The lowest BCUT2D eigenvalue weighted by atomic mass is 10.1. The highest BCUT2D eigenvalue weighted by molar-refractivity contribution is 5.86. The molecule has 144 valence electrons. The highest BCUT2D eigenvalue weighted by Gasteiger charge is 2.16. The Hall–Kier alpha value is -2.34. The van der Waals surface area contributed by atoms with Gasteiger partial charge in [0.2, 0.25) is 0 Å². The Balaban J connectivity index is 2.76. The first-order valence-electron chi connectivity index (χ1n) is 9.27. The van der Waals surface area contributed by atoms with Gasteiger partial charge in [-0.2, -0.15) is 0 Å². The molecule has 1 amide bonds. The number of carboxylic acids is 1. The lowest BCUT2D eigenvalue weighted by Crippen LogP contribution is -2.38. The molecular formula is C20H30N2O4. The lowest BCUT2D eigenvalue weighted by molar-refractivity contribution is -0.132. The number of aliphatic carboxylic acids is 1. The Kier molecular flexibility index (Phi) is 8.15.